The summed E-state index contributed by atoms with van der Waals surface area (Å²) in [5.74, 6) is 2.47. The summed E-state index contributed by atoms with van der Waals surface area (Å²) in [5, 5.41) is 42.9. The van der Waals surface area contributed by atoms with Crippen molar-refractivity contribution in [2.45, 2.75) is 51.4 Å². The zero-order valence-corrected chi connectivity index (χ0v) is 35.6. The van der Waals surface area contributed by atoms with Gasteiger partial charge in [0.25, 0.3) is 0 Å². The van der Waals surface area contributed by atoms with Crippen LogP contribution in [0, 0.1) is 0 Å². The molecule has 12 heteroatoms. The smallest absolute Gasteiger partial charge is 0.128 e. The predicted octanol–water partition coefficient (Wildman–Crippen LogP) is 11.9. The average Bonchev–Trinajstić information content (AvgIpc) is 3.30. The number of aliphatic imine (C=N–C) groups is 4. The molecule has 0 aromatic heterocycles. The van der Waals surface area contributed by atoms with Gasteiger partial charge in [0.05, 0.1) is 49.2 Å². The number of rotatable bonds is 0. The monoisotopic (exact) mass is 860 g/mol. The maximum Gasteiger partial charge on any atom is 0.128 e. The molecule has 0 unspecified atom stereocenters. The topological polar surface area (TPSA) is 167 Å². The Kier molecular flexibility index (Phi) is 16.0. The molecule has 4 N–H and O–H groups in total. The number of phenols is 4. The maximum absolute atomic E-state index is 10.7. The summed E-state index contributed by atoms with van der Waals surface area (Å²) in [7, 11) is 0. The van der Waals surface area contributed by atoms with Crippen LogP contribution in [-0.2, 0) is 0 Å². The van der Waals surface area contributed by atoms with Gasteiger partial charge >= 0.3 is 0 Å². The Morgan fingerprint density at radius 2 is 0.531 bits per heavy atom. The Morgan fingerprint density at radius 1 is 0.297 bits per heavy atom. The van der Waals surface area contributed by atoms with Gasteiger partial charge in [-0.3, -0.25) is 20.0 Å². The first-order valence-electron chi connectivity index (χ1n) is 21.6. The molecule has 0 saturated heterocycles. The van der Waals surface area contributed by atoms with E-state index in [1.54, 1.807) is 97.7 Å². The molecule has 0 saturated carbocycles. The maximum atomic E-state index is 10.7. The van der Waals surface area contributed by atoms with Gasteiger partial charge < -0.3 is 39.4 Å². The van der Waals surface area contributed by atoms with Crippen molar-refractivity contribution in [3.05, 3.63) is 144 Å². The van der Waals surface area contributed by atoms with Crippen molar-refractivity contribution < 1.29 is 39.4 Å². The Labute approximate surface area is 373 Å². The number of nitrogens with zero attached hydrogens (tertiary/aromatic N) is 4. The van der Waals surface area contributed by atoms with Gasteiger partial charge in [0.15, 0.2) is 0 Å². The van der Waals surface area contributed by atoms with Gasteiger partial charge in [0.1, 0.15) is 46.0 Å². The Hall–Kier alpha value is -7.60. The molecular formula is C52H52N4O8. The molecule has 10 heterocycles. The van der Waals surface area contributed by atoms with E-state index in [-0.39, 0.29) is 23.0 Å². The lowest BCUT2D eigenvalue weighted by atomic mass is 10.2. The number of ether oxygens (including phenoxy) is 4. The summed E-state index contributed by atoms with van der Waals surface area (Å²) in [5.41, 5.74) is 4.51. The third kappa shape index (κ3) is 13.2. The summed E-state index contributed by atoms with van der Waals surface area (Å²) >= 11 is 0. The van der Waals surface area contributed by atoms with Crippen LogP contribution < -0.4 is 18.9 Å². The second-order valence-electron chi connectivity index (χ2n) is 15.1. The highest BCUT2D eigenvalue weighted by Crippen LogP contribution is 2.32. The normalized spacial score (nSPS) is 14.6. The second-order valence-corrected chi connectivity index (χ2v) is 15.1. The van der Waals surface area contributed by atoms with Gasteiger partial charge in [-0.15, -0.1) is 0 Å². The first-order valence-corrected chi connectivity index (χ1v) is 21.6. The van der Waals surface area contributed by atoms with E-state index >= 15 is 0 Å². The summed E-state index contributed by atoms with van der Waals surface area (Å²) in [6.07, 6.45) is 13.4. The fourth-order valence-corrected chi connectivity index (χ4v) is 6.69. The fourth-order valence-electron chi connectivity index (χ4n) is 6.69. The lowest BCUT2D eigenvalue weighted by Gasteiger charge is -2.09. The van der Waals surface area contributed by atoms with E-state index in [0.29, 0.717) is 94.4 Å². The molecule has 0 spiro atoms. The van der Waals surface area contributed by atoms with Gasteiger partial charge in [-0.1, -0.05) is 24.3 Å². The van der Waals surface area contributed by atoms with Crippen molar-refractivity contribution in [2.75, 3.05) is 26.4 Å². The van der Waals surface area contributed by atoms with Crippen LogP contribution in [0.3, 0.4) is 0 Å². The first-order chi connectivity index (χ1) is 31.4. The van der Waals surface area contributed by atoms with Gasteiger partial charge in [0, 0.05) is 71.4 Å². The highest BCUT2D eigenvalue weighted by Gasteiger charge is 2.08. The van der Waals surface area contributed by atoms with Gasteiger partial charge in [-0.05, 0) is 124 Å². The Balaban J connectivity index is 0.991. The molecule has 8 bridgehead atoms. The fraction of sp³-hybridized carbons (Fsp3) is 0.231. The highest BCUT2D eigenvalue weighted by atomic mass is 16.5. The van der Waals surface area contributed by atoms with Crippen molar-refractivity contribution in [3.8, 4) is 46.0 Å². The highest BCUT2D eigenvalue weighted by molar-refractivity contribution is 5.91. The third-order valence-corrected chi connectivity index (χ3v) is 10.3. The molecule has 6 aromatic carbocycles. The third-order valence-electron chi connectivity index (χ3n) is 10.3. The molecular weight excluding hydrogens is 809 g/mol. The van der Waals surface area contributed by atoms with Crippen molar-refractivity contribution >= 4 is 47.6 Å². The van der Waals surface area contributed by atoms with E-state index in [1.165, 1.54) is 0 Å². The van der Waals surface area contributed by atoms with E-state index in [0.717, 1.165) is 51.4 Å². The molecule has 0 amide bonds. The zero-order chi connectivity index (χ0) is 44.4. The molecule has 12 nitrogen and oxygen atoms in total. The molecule has 16 rings (SSSR count). The van der Waals surface area contributed by atoms with Crippen molar-refractivity contribution in [2.24, 2.45) is 20.0 Å². The predicted molar refractivity (Wildman–Crippen MR) is 253 cm³/mol. The van der Waals surface area contributed by atoms with Crippen LogP contribution in [0.5, 0.6) is 46.0 Å². The molecule has 10 aliphatic heterocycles. The number of hydrogen-bond acceptors (Lipinski definition) is 12. The van der Waals surface area contributed by atoms with Gasteiger partial charge in [-0.2, -0.15) is 0 Å². The van der Waals surface area contributed by atoms with Gasteiger partial charge in [0.2, 0.25) is 0 Å². The Bertz CT molecular complexity index is 2250. The molecule has 0 radical (unpaired) electrons. The van der Waals surface area contributed by atoms with Crippen LogP contribution in [0.15, 0.2) is 141 Å². The van der Waals surface area contributed by atoms with Crippen LogP contribution in [0.25, 0.3) is 0 Å². The molecule has 328 valence electrons. The Morgan fingerprint density at radius 3 is 0.750 bits per heavy atom. The number of para-hydroxylation sites is 4. The summed E-state index contributed by atoms with van der Waals surface area (Å²) < 4.78 is 23.6. The number of hydrogen-bond donors (Lipinski definition) is 4. The molecule has 64 heavy (non-hydrogen) atoms. The lowest BCUT2D eigenvalue weighted by molar-refractivity contribution is 0.286. The van der Waals surface area contributed by atoms with Crippen LogP contribution in [0.4, 0.5) is 22.7 Å². The SMILES string of the molecule is Oc1cc2ccc1C=Nc1ccccc1N=Cc1ccc(cc1O)OCCCCCCOc1ccc(c(O)c1)C=Nc1ccccc1N=Cc1ccc(cc1O)OCCCCCCO2. The van der Waals surface area contributed by atoms with E-state index in [2.05, 4.69) is 20.0 Å². The number of phenolic OH excluding ortho intramolecular Hbond substituents is 4. The van der Waals surface area contributed by atoms with E-state index in [4.69, 9.17) is 18.9 Å². The number of benzene rings is 6. The summed E-state index contributed by atoms with van der Waals surface area (Å²) in [6, 6.07) is 35.3. The van der Waals surface area contributed by atoms with Crippen molar-refractivity contribution in [1.82, 2.24) is 0 Å². The van der Waals surface area contributed by atoms with Crippen molar-refractivity contribution in [1.29, 1.82) is 0 Å². The molecule has 10 aliphatic rings. The summed E-state index contributed by atoms with van der Waals surface area (Å²) in [4.78, 5) is 18.4. The van der Waals surface area contributed by atoms with Crippen molar-refractivity contribution in [3.63, 3.8) is 0 Å². The van der Waals surface area contributed by atoms with E-state index in [9.17, 15) is 20.4 Å². The summed E-state index contributed by atoms with van der Waals surface area (Å²) in [6.45, 7) is 2.02. The van der Waals surface area contributed by atoms with E-state index in [1.807, 2.05) is 48.5 Å². The van der Waals surface area contributed by atoms with E-state index < -0.39 is 0 Å². The van der Waals surface area contributed by atoms with Crippen LogP contribution in [0.1, 0.15) is 73.6 Å². The van der Waals surface area contributed by atoms with Crippen LogP contribution >= 0.6 is 0 Å². The molecule has 6 aromatic rings. The minimum atomic E-state index is 0.0485. The quantitative estimate of drug-likeness (QED) is 0.117. The minimum absolute atomic E-state index is 0.0485. The molecule has 0 atom stereocenters. The zero-order valence-electron chi connectivity index (χ0n) is 35.6. The van der Waals surface area contributed by atoms with Gasteiger partial charge in [-0.25, -0.2) is 0 Å². The first kappa shape index (κ1) is 44.5. The minimum Gasteiger partial charge on any atom is -0.507 e. The lowest BCUT2D eigenvalue weighted by Crippen LogP contribution is -2.00. The second kappa shape index (κ2) is 23.0. The largest absolute Gasteiger partial charge is 0.507 e. The van der Waals surface area contributed by atoms with Crippen LogP contribution in [-0.4, -0.2) is 71.7 Å². The van der Waals surface area contributed by atoms with Crippen LogP contribution in [0.2, 0.25) is 0 Å². The number of aromatic hydroxyl groups is 4. The average molecular weight is 861 g/mol. The molecule has 0 aliphatic carbocycles. The molecule has 0 fully saturated rings. The standard InChI is InChI=1S/C52H52N4O8/c57-49-29-41-21-17-37(49)33-53-45-13-5-6-14-46(45)55-35-39-19-23-43(31-51(39)59)63-27-11-3-4-12-28-64-44-24-20-40(52(60)32-44)36-56-48-16-8-7-15-47(48)54-34-38-18-22-42(30-50(38)58)62-26-10-2-1-9-25-61-41/h5-8,13-24,29-36,57-60H,1-4,9-12,25-28H2.